The second kappa shape index (κ2) is 9.94. The van der Waals surface area contributed by atoms with Crippen molar-refractivity contribution in [3.63, 3.8) is 0 Å². The van der Waals surface area contributed by atoms with E-state index in [4.69, 9.17) is 0 Å². The summed E-state index contributed by atoms with van der Waals surface area (Å²) in [5, 5.41) is 2.85. The molecule has 1 unspecified atom stereocenters. The summed E-state index contributed by atoms with van der Waals surface area (Å²) < 4.78 is 29.0. The molecule has 1 amide bonds. The molecule has 0 saturated carbocycles. The first-order valence-corrected chi connectivity index (χ1v) is 7.76. The normalized spacial score (nSPS) is 12.4. The minimum Gasteiger partial charge on any atom is -0.748 e. The molecule has 19 heavy (non-hydrogen) atoms. The summed E-state index contributed by atoms with van der Waals surface area (Å²) >= 11 is 0. The van der Waals surface area contributed by atoms with Crippen molar-refractivity contribution < 1.29 is 22.7 Å². The van der Waals surface area contributed by atoms with Gasteiger partial charge in [-0.2, -0.15) is 0 Å². The number of carbonyl (C=O) groups is 1. The van der Waals surface area contributed by atoms with Crippen molar-refractivity contribution in [3.8, 4) is 0 Å². The Labute approximate surface area is 116 Å². The van der Waals surface area contributed by atoms with Crippen molar-refractivity contribution in [2.45, 2.75) is 33.2 Å². The molecule has 0 aliphatic rings. The van der Waals surface area contributed by atoms with Crippen LogP contribution in [0.15, 0.2) is 12.2 Å². The first-order valence-electron chi connectivity index (χ1n) is 6.18. The molecule has 1 atom stereocenters. The Kier molecular flexibility index (Phi) is 10.7. The number of quaternary nitrogens is 1. The van der Waals surface area contributed by atoms with Crippen molar-refractivity contribution in [2.24, 2.45) is 0 Å². The molecule has 0 heterocycles. The van der Waals surface area contributed by atoms with Crippen LogP contribution in [0.5, 0.6) is 0 Å². The number of likely N-dealkylation sites (N-methyl/N-ethyl adjacent to an activating group) is 1. The van der Waals surface area contributed by atoms with Crippen molar-refractivity contribution in [1.29, 1.82) is 0 Å². The Balaban J connectivity index is 0. The third-order valence-corrected chi connectivity index (χ3v) is 2.84. The van der Waals surface area contributed by atoms with Gasteiger partial charge in [0.05, 0.1) is 36.8 Å². The number of amides is 1. The summed E-state index contributed by atoms with van der Waals surface area (Å²) in [7, 11) is 0.194. The molecule has 0 aromatic heterocycles. The first-order chi connectivity index (χ1) is 8.49. The molecule has 0 rings (SSSR count). The van der Waals surface area contributed by atoms with Crippen molar-refractivity contribution in [2.75, 3.05) is 26.4 Å². The zero-order valence-electron chi connectivity index (χ0n) is 12.4. The fourth-order valence-electron chi connectivity index (χ4n) is 1.26. The molecule has 0 aliphatic heterocycles. The summed E-state index contributed by atoms with van der Waals surface area (Å²) in [5.74, 6) is -0.295. The predicted octanol–water partition coefficient (Wildman–Crippen LogP) is -0.847. The van der Waals surface area contributed by atoms with Crippen LogP contribution in [0.2, 0.25) is 0 Å². The van der Waals surface area contributed by atoms with Gasteiger partial charge in [-0.05, 0) is 20.3 Å². The Morgan fingerprint density at radius 2 is 1.89 bits per heavy atom. The molecular formula is C12H26N2O4S. The van der Waals surface area contributed by atoms with Crippen LogP contribution in [0.4, 0.5) is 0 Å². The van der Waals surface area contributed by atoms with E-state index in [0.29, 0.717) is 12.0 Å². The van der Waals surface area contributed by atoms with E-state index in [1.807, 2.05) is 6.92 Å². The van der Waals surface area contributed by atoms with Crippen molar-refractivity contribution >= 4 is 16.0 Å². The van der Waals surface area contributed by atoms with Gasteiger partial charge in [-0.3, -0.25) is 4.79 Å². The lowest BCUT2D eigenvalue weighted by Crippen LogP contribution is -3.07. The van der Waals surface area contributed by atoms with Crippen LogP contribution in [0, 0.1) is 0 Å². The van der Waals surface area contributed by atoms with Crippen molar-refractivity contribution in [3.05, 3.63) is 12.2 Å². The second-order valence-electron chi connectivity index (χ2n) is 4.83. The molecule has 2 N–H and O–H groups in total. The van der Waals surface area contributed by atoms with Gasteiger partial charge in [0.15, 0.2) is 0 Å². The molecule has 0 spiro atoms. The van der Waals surface area contributed by atoms with Crippen LogP contribution in [0.1, 0.15) is 27.2 Å². The van der Waals surface area contributed by atoms with E-state index in [-0.39, 0.29) is 17.7 Å². The summed E-state index contributed by atoms with van der Waals surface area (Å²) in [6, 6.07) is 0.208. The number of nitrogens with one attached hydrogen (secondary N) is 2. The third kappa shape index (κ3) is 17.1. The Morgan fingerprint density at radius 1 is 1.42 bits per heavy atom. The van der Waals surface area contributed by atoms with Crippen LogP contribution < -0.4 is 10.2 Å². The van der Waals surface area contributed by atoms with E-state index < -0.39 is 10.1 Å². The number of hydrogen-bond acceptors (Lipinski definition) is 4. The minimum absolute atomic E-state index is 0.0521. The zero-order chi connectivity index (χ0) is 15.6. The molecule has 114 valence electrons. The van der Waals surface area contributed by atoms with E-state index >= 15 is 0 Å². The van der Waals surface area contributed by atoms with Gasteiger partial charge in [0.1, 0.15) is 0 Å². The smallest absolute Gasteiger partial charge is 0.246 e. The van der Waals surface area contributed by atoms with Gasteiger partial charge in [-0.15, -0.1) is 0 Å². The minimum atomic E-state index is -3.92. The monoisotopic (exact) mass is 294 g/mol. The third-order valence-electron chi connectivity index (χ3n) is 1.93. The van der Waals surface area contributed by atoms with Gasteiger partial charge in [0, 0.05) is 11.3 Å². The Hall–Kier alpha value is -0.920. The molecule has 0 aromatic rings. The van der Waals surface area contributed by atoms with E-state index in [9.17, 15) is 17.8 Å². The summed E-state index contributed by atoms with van der Waals surface area (Å²) in [6.07, 6.45) is 0.409. The van der Waals surface area contributed by atoms with Gasteiger partial charge < -0.3 is 14.8 Å². The van der Waals surface area contributed by atoms with Crippen LogP contribution in [0.3, 0.4) is 0 Å². The molecule has 7 heteroatoms. The molecular weight excluding hydrogens is 268 g/mol. The van der Waals surface area contributed by atoms with Gasteiger partial charge in [0.2, 0.25) is 5.91 Å². The quantitative estimate of drug-likeness (QED) is 0.493. The van der Waals surface area contributed by atoms with Crippen LogP contribution in [0.25, 0.3) is 0 Å². The van der Waals surface area contributed by atoms with E-state index in [1.165, 1.54) is 4.90 Å². The first kappa shape index (κ1) is 20.4. The predicted molar refractivity (Wildman–Crippen MR) is 75.0 cm³/mol. The van der Waals surface area contributed by atoms with Gasteiger partial charge in [-0.25, -0.2) is 8.42 Å². The fourth-order valence-corrected chi connectivity index (χ4v) is 1.76. The highest BCUT2D eigenvalue weighted by Gasteiger charge is 2.09. The lowest BCUT2D eigenvalue weighted by atomic mass is 10.2. The summed E-state index contributed by atoms with van der Waals surface area (Å²) in [6.45, 7) is 9.85. The maximum atomic E-state index is 11.1. The average molecular weight is 294 g/mol. The van der Waals surface area contributed by atoms with Gasteiger partial charge >= 0.3 is 0 Å². The highest BCUT2D eigenvalue weighted by atomic mass is 32.2. The molecule has 6 nitrogen and oxygen atoms in total. The highest BCUT2D eigenvalue weighted by Crippen LogP contribution is 1.87. The zero-order valence-corrected chi connectivity index (χ0v) is 13.3. The standard InChI is InChI=1S/C9H18N2O.C3H8O3S/c1-7(2)9(12)10-8(3)6-11(4)5;1-2-3-7(4,5)6/h8H,1,6H2,2-5H3,(H,10,12);2-3H2,1H3,(H,4,5,6). The number of carbonyl (C=O) groups excluding carboxylic acids is 1. The Morgan fingerprint density at radius 3 is 2.11 bits per heavy atom. The molecule has 0 saturated heterocycles. The summed E-state index contributed by atoms with van der Waals surface area (Å²) in [4.78, 5) is 12.4. The van der Waals surface area contributed by atoms with E-state index in [2.05, 4.69) is 26.0 Å². The average Bonchev–Trinajstić information content (AvgIpc) is 2.14. The fraction of sp³-hybridized carbons (Fsp3) is 0.750. The second-order valence-corrected chi connectivity index (χ2v) is 6.35. The summed E-state index contributed by atoms with van der Waals surface area (Å²) in [5.41, 5.74) is 0.565. The maximum absolute atomic E-state index is 11.1. The molecule has 0 aromatic carbocycles. The topological polar surface area (TPSA) is 90.7 Å². The van der Waals surface area contributed by atoms with Gasteiger partial charge in [0.25, 0.3) is 0 Å². The molecule has 0 aliphatic carbocycles. The highest BCUT2D eigenvalue weighted by molar-refractivity contribution is 7.85. The SMILES string of the molecule is C=C(C)C(=O)NC(C)C[NH+](C)C.CCCS(=O)(=O)[O-]. The van der Waals surface area contributed by atoms with E-state index in [0.717, 1.165) is 6.54 Å². The molecule has 0 bridgehead atoms. The number of rotatable bonds is 6. The molecule has 0 radical (unpaired) electrons. The van der Waals surface area contributed by atoms with Crippen molar-refractivity contribution in [1.82, 2.24) is 5.32 Å². The lowest BCUT2D eigenvalue weighted by molar-refractivity contribution is -0.859. The van der Waals surface area contributed by atoms with Crippen LogP contribution in [-0.4, -0.2) is 51.3 Å². The van der Waals surface area contributed by atoms with E-state index in [1.54, 1.807) is 13.8 Å². The van der Waals surface area contributed by atoms with Crippen LogP contribution in [-0.2, 0) is 14.9 Å². The maximum Gasteiger partial charge on any atom is 0.246 e. The largest absolute Gasteiger partial charge is 0.748 e. The Bertz CT molecular complexity index is 377. The van der Waals surface area contributed by atoms with Crippen LogP contribution >= 0.6 is 0 Å². The number of hydrogen-bond donors (Lipinski definition) is 2. The van der Waals surface area contributed by atoms with Gasteiger partial charge in [-0.1, -0.05) is 13.5 Å². The lowest BCUT2D eigenvalue weighted by Gasteiger charge is -2.15. The molecule has 0 fully saturated rings.